The molecule has 172 valence electrons. The summed E-state index contributed by atoms with van der Waals surface area (Å²) in [5, 5.41) is 12.4. The van der Waals surface area contributed by atoms with Gasteiger partial charge in [0.15, 0.2) is 5.11 Å². The number of hydrogen-bond donors (Lipinski definition) is 1. The molecule has 1 amide bonds. The SMILES string of the molecule is CC1(C)C(=O)N(c2ccc(C#N)c(C(F)(F)F)c2)C(=S)N1c1ccc(N2CCNCC2)cc1. The lowest BCUT2D eigenvalue weighted by Crippen LogP contribution is -2.44. The summed E-state index contributed by atoms with van der Waals surface area (Å²) in [5.41, 5.74) is -1.03. The van der Waals surface area contributed by atoms with E-state index in [-0.39, 0.29) is 10.8 Å². The minimum Gasteiger partial charge on any atom is -0.369 e. The van der Waals surface area contributed by atoms with E-state index < -0.39 is 28.7 Å². The predicted octanol–water partition coefficient (Wildman–Crippen LogP) is 3.90. The van der Waals surface area contributed by atoms with Crippen molar-refractivity contribution in [2.45, 2.75) is 25.6 Å². The van der Waals surface area contributed by atoms with Crippen LogP contribution in [0.3, 0.4) is 0 Å². The Balaban J connectivity index is 1.69. The van der Waals surface area contributed by atoms with Crippen molar-refractivity contribution in [2.24, 2.45) is 0 Å². The maximum atomic E-state index is 13.5. The first-order valence-corrected chi connectivity index (χ1v) is 10.8. The number of thiocarbonyl (C=S) groups is 1. The number of benzene rings is 2. The lowest BCUT2D eigenvalue weighted by molar-refractivity contribution is -0.137. The van der Waals surface area contributed by atoms with Crippen molar-refractivity contribution in [3.05, 3.63) is 53.6 Å². The Kier molecular flexibility index (Phi) is 5.80. The molecule has 0 spiro atoms. The van der Waals surface area contributed by atoms with Crippen molar-refractivity contribution in [2.75, 3.05) is 40.9 Å². The van der Waals surface area contributed by atoms with Crippen LogP contribution in [0.25, 0.3) is 0 Å². The molecule has 0 atom stereocenters. The van der Waals surface area contributed by atoms with Crippen LogP contribution in [0.5, 0.6) is 0 Å². The molecule has 0 saturated carbocycles. The third-order valence-electron chi connectivity index (χ3n) is 5.95. The van der Waals surface area contributed by atoms with E-state index in [1.165, 1.54) is 6.07 Å². The zero-order valence-corrected chi connectivity index (χ0v) is 18.9. The number of carbonyl (C=O) groups is 1. The van der Waals surface area contributed by atoms with Crippen molar-refractivity contribution >= 4 is 40.3 Å². The van der Waals surface area contributed by atoms with Crippen molar-refractivity contribution in [3.8, 4) is 6.07 Å². The number of nitrogens with zero attached hydrogens (tertiary/aromatic N) is 4. The molecule has 6 nitrogen and oxygen atoms in total. The first kappa shape index (κ1) is 23.0. The van der Waals surface area contributed by atoms with Crippen molar-refractivity contribution in [1.29, 1.82) is 5.26 Å². The molecular weight excluding hydrogens is 451 g/mol. The van der Waals surface area contributed by atoms with E-state index in [1.807, 2.05) is 24.3 Å². The quantitative estimate of drug-likeness (QED) is 0.683. The van der Waals surface area contributed by atoms with E-state index in [0.717, 1.165) is 48.9 Å². The summed E-state index contributed by atoms with van der Waals surface area (Å²) in [6, 6.07) is 12.4. The van der Waals surface area contributed by atoms with Crippen LogP contribution in [-0.4, -0.2) is 42.7 Å². The molecule has 33 heavy (non-hydrogen) atoms. The van der Waals surface area contributed by atoms with Crippen LogP contribution in [0.2, 0.25) is 0 Å². The standard InChI is InChI=1S/C23H22F3N5OS/c1-22(2)20(32)30(18-4-3-15(14-27)19(13-18)23(24,25)26)21(33)31(22)17-7-5-16(6-8-17)29-11-9-28-10-12-29/h3-8,13,28H,9-12H2,1-2H3. The molecule has 10 heteroatoms. The summed E-state index contributed by atoms with van der Waals surface area (Å²) in [4.78, 5) is 18.3. The normalized spacial score (nSPS) is 18.6. The molecule has 2 heterocycles. The summed E-state index contributed by atoms with van der Waals surface area (Å²) in [6.45, 7) is 6.94. The number of alkyl halides is 3. The molecule has 0 aromatic heterocycles. The zero-order chi connectivity index (χ0) is 24.0. The number of hydrogen-bond acceptors (Lipinski definition) is 5. The number of anilines is 3. The molecule has 4 rings (SSSR count). The number of amides is 1. The third kappa shape index (κ3) is 4.03. The van der Waals surface area contributed by atoms with E-state index in [4.69, 9.17) is 17.5 Å². The first-order valence-electron chi connectivity index (χ1n) is 10.4. The number of halogens is 3. The van der Waals surface area contributed by atoms with Gasteiger partial charge in [-0.25, -0.2) is 0 Å². The van der Waals surface area contributed by atoms with Crippen LogP contribution in [-0.2, 0) is 11.0 Å². The maximum Gasteiger partial charge on any atom is 0.417 e. The topological polar surface area (TPSA) is 62.6 Å². The van der Waals surface area contributed by atoms with Gasteiger partial charge in [0.1, 0.15) is 5.54 Å². The van der Waals surface area contributed by atoms with Gasteiger partial charge in [-0.3, -0.25) is 9.69 Å². The largest absolute Gasteiger partial charge is 0.417 e. The van der Waals surface area contributed by atoms with Crippen molar-refractivity contribution in [1.82, 2.24) is 5.32 Å². The predicted molar refractivity (Wildman–Crippen MR) is 124 cm³/mol. The number of nitrogens with one attached hydrogen (secondary N) is 1. The fraction of sp³-hybridized carbons (Fsp3) is 0.348. The molecule has 2 saturated heterocycles. The summed E-state index contributed by atoms with van der Waals surface area (Å²) in [6.07, 6.45) is -4.74. The van der Waals surface area contributed by atoms with E-state index >= 15 is 0 Å². The van der Waals surface area contributed by atoms with Gasteiger partial charge in [0.25, 0.3) is 5.91 Å². The van der Waals surface area contributed by atoms with Crippen LogP contribution in [0.15, 0.2) is 42.5 Å². The van der Waals surface area contributed by atoms with Crippen molar-refractivity contribution < 1.29 is 18.0 Å². The average Bonchev–Trinajstić information content (AvgIpc) is 2.97. The fourth-order valence-corrected chi connectivity index (χ4v) is 4.72. The molecule has 0 unspecified atom stereocenters. The highest BCUT2D eigenvalue weighted by molar-refractivity contribution is 7.81. The van der Waals surface area contributed by atoms with Crippen LogP contribution in [0, 0.1) is 11.3 Å². The molecule has 2 aliphatic heterocycles. The second-order valence-corrected chi connectivity index (χ2v) is 8.78. The van der Waals surface area contributed by atoms with Gasteiger partial charge < -0.3 is 15.1 Å². The van der Waals surface area contributed by atoms with Crippen LogP contribution in [0.4, 0.5) is 30.2 Å². The smallest absolute Gasteiger partial charge is 0.369 e. The third-order valence-corrected chi connectivity index (χ3v) is 6.31. The Labute approximate surface area is 195 Å². The summed E-state index contributed by atoms with van der Waals surface area (Å²) in [5.74, 6) is -0.448. The molecule has 2 fully saturated rings. The molecule has 0 aliphatic carbocycles. The molecule has 0 bridgehead atoms. The molecule has 0 radical (unpaired) electrons. The lowest BCUT2D eigenvalue weighted by Gasteiger charge is -2.32. The Bertz CT molecular complexity index is 1130. The fourth-order valence-electron chi connectivity index (χ4n) is 4.20. The second kappa shape index (κ2) is 8.32. The monoisotopic (exact) mass is 473 g/mol. The summed E-state index contributed by atoms with van der Waals surface area (Å²) >= 11 is 5.57. The van der Waals surface area contributed by atoms with Gasteiger partial charge in [0, 0.05) is 37.6 Å². The number of rotatable bonds is 3. The highest BCUT2D eigenvalue weighted by Gasteiger charge is 2.50. The molecule has 2 aliphatic rings. The van der Waals surface area contributed by atoms with Gasteiger partial charge in [-0.05, 0) is 68.5 Å². The minimum atomic E-state index is -4.74. The Morgan fingerprint density at radius 3 is 2.18 bits per heavy atom. The Hall–Kier alpha value is -3.16. The van der Waals surface area contributed by atoms with E-state index in [9.17, 15) is 18.0 Å². The number of piperazine rings is 1. The lowest BCUT2D eigenvalue weighted by atomic mass is 10.0. The molecule has 2 aromatic carbocycles. The van der Waals surface area contributed by atoms with Gasteiger partial charge in [-0.15, -0.1) is 0 Å². The molecule has 2 aromatic rings. The van der Waals surface area contributed by atoms with Crippen LogP contribution >= 0.6 is 12.2 Å². The average molecular weight is 474 g/mol. The Morgan fingerprint density at radius 1 is 1.03 bits per heavy atom. The zero-order valence-electron chi connectivity index (χ0n) is 18.1. The first-order chi connectivity index (χ1) is 15.6. The molecular formula is C23H22F3N5OS. The van der Waals surface area contributed by atoms with Gasteiger partial charge in [0.05, 0.1) is 22.9 Å². The van der Waals surface area contributed by atoms with Gasteiger partial charge in [0.2, 0.25) is 0 Å². The van der Waals surface area contributed by atoms with Gasteiger partial charge in [-0.2, -0.15) is 18.4 Å². The van der Waals surface area contributed by atoms with Crippen molar-refractivity contribution in [3.63, 3.8) is 0 Å². The highest BCUT2D eigenvalue weighted by Crippen LogP contribution is 2.39. The molecule has 1 N–H and O–H groups in total. The van der Waals surface area contributed by atoms with E-state index in [1.54, 1.807) is 24.8 Å². The van der Waals surface area contributed by atoms with E-state index in [2.05, 4.69) is 10.2 Å². The number of carbonyl (C=O) groups excluding carboxylic acids is 1. The summed E-state index contributed by atoms with van der Waals surface area (Å²) in [7, 11) is 0. The minimum absolute atomic E-state index is 0.0238. The summed E-state index contributed by atoms with van der Waals surface area (Å²) < 4.78 is 40.4. The van der Waals surface area contributed by atoms with Gasteiger partial charge in [-0.1, -0.05) is 0 Å². The number of nitriles is 1. The Morgan fingerprint density at radius 2 is 1.61 bits per heavy atom. The van der Waals surface area contributed by atoms with E-state index in [0.29, 0.717) is 5.69 Å². The van der Waals surface area contributed by atoms with Crippen LogP contribution < -0.4 is 20.0 Å². The maximum absolute atomic E-state index is 13.5. The second-order valence-electron chi connectivity index (χ2n) is 8.41. The highest BCUT2D eigenvalue weighted by atomic mass is 32.1. The van der Waals surface area contributed by atoms with Crippen LogP contribution in [0.1, 0.15) is 25.0 Å². The van der Waals surface area contributed by atoms with Gasteiger partial charge >= 0.3 is 6.18 Å².